The van der Waals surface area contributed by atoms with Crippen LogP contribution in [0.15, 0.2) is 12.7 Å². The van der Waals surface area contributed by atoms with E-state index in [4.69, 9.17) is 52.1 Å². The van der Waals surface area contributed by atoms with E-state index in [2.05, 4.69) is 6.58 Å². The number of carboxylic acids is 13. The molecule has 0 saturated carbocycles. The first-order valence-corrected chi connectivity index (χ1v) is 34.2. The van der Waals surface area contributed by atoms with Gasteiger partial charge in [-0.3, -0.25) is 67.1 Å². The quantitative estimate of drug-likeness (QED) is 0.0236. The molecule has 0 amide bonds. The van der Waals surface area contributed by atoms with Crippen molar-refractivity contribution in [1.82, 2.24) is 0 Å². The molecule has 0 fully saturated rings. The third-order valence-electron chi connectivity index (χ3n) is 17.0. The van der Waals surface area contributed by atoms with Gasteiger partial charge in [-0.1, -0.05) is 20.4 Å². The highest BCUT2D eigenvalue weighted by atomic mass is 16.6. The van der Waals surface area contributed by atoms with Crippen molar-refractivity contribution < 1.29 is 190 Å². The second-order valence-corrected chi connectivity index (χ2v) is 24.9. The highest BCUT2D eigenvalue weighted by Crippen LogP contribution is 2.37. The first-order chi connectivity index (χ1) is 50.1. The van der Waals surface area contributed by atoms with Crippen LogP contribution in [-0.2, 0) is 124 Å². The van der Waals surface area contributed by atoms with E-state index in [9.17, 15) is 138 Å². The molecular formula is C67H104O39. The van der Waals surface area contributed by atoms with Crippen LogP contribution in [0.1, 0.15) is 104 Å². The van der Waals surface area contributed by atoms with Crippen molar-refractivity contribution in [3.63, 3.8) is 0 Å². The van der Waals surface area contributed by atoms with Crippen LogP contribution in [0.5, 0.6) is 0 Å². The van der Waals surface area contributed by atoms with Crippen LogP contribution in [0.2, 0.25) is 0 Å². The molecule has 0 saturated heterocycles. The fourth-order valence-electron chi connectivity index (χ4n) is 11.1. The lowest BCUT2D eigenvalue weighted by molar-refractivity contribution is -0.155. The lowest BCUT2D eigenvalue weighted by Gasteiger charge is -2.27. The number of aliphatic carboxylic acids is 13. The van der Waals surface area contributed by atoms with Crippen LogP contribution >= 0.6 is 0 Å². The first-order valence-electron chi connectivity index (χ1n) is 34.2. The van der Waals surface area contributed by atoms with Gasteiger partial charge in [-0.25, -0.2) is 4.79 Å². The van der Waals surface area contributed by atoms with Crippen molar-refractivity contribution in [2.24, 2.45) is 82.9 Å². The monoisotopic (exact) mass is 1530 g/mol. The van der Waals surface area contributed by atoms with Gasteiger partial charge >= 0.3 is 89.5 Å². The Morgan fingerprint density at radius 2 is 0.387 bits per heavy atom. The topological polar surface area (TPSA) is 621 Å². The van der Waals surface area contributed by atoms with Crippen LogP contribution in [0.4, 0.5) is 0 Å². The van der Waals surface area contributed by atoms with Crippen LogP contribution in [-0.4, -0.2) is 288 Å². The van der Waals surface area contributed by atoms with Crippen LogP contribution in [0.3, 0.4) is 0 Å². The summed E-state index contributed by atoms with van der Waals surface area (Å²) in [5, 5.41) is 131. The number of carbonyl (C=O) groups excluding carboxylic acids is 2. The van der Waals surface area contributed by atoms with Crippen molar-refractivity contribution in [1.29, 1.82) is 0 Å². The van der Waals surface area contributed by atoms with Gasteiger partial charge in [0.15, 0.2) is 0 Å². The molecule has 0 aromatic rings. The van der Waals surface area contributed by atoms with E-state index in [0.29, 0.717) is 79.3 Å². The molecule has 0 heterocycles. The van der Waals surface area contributed by atoms with Gasteiger partial charge in [0, 0.05) is 6.08 Å². The van der Waals surface area contributed by atoms with Crippen molar-refractivity contribution in [2.45, 2.75) is 104 Å². The molecule has 106 heavy (non-hydrogen) atoms. The molecule has 14 unspecified atom stereocenters. The van der Waals surface area contributed by atoms with Gasteiger partial charge in [0.25, 0.3) is 0 Å². The molecule has 0 bridgehead atoms. The lowest BCUT2D eigenvalue weighted by Crippen LogP contribution is -2.34. The first kappa shape index (κ1) is 97.4. The Bertz CT molecular complexity index is 2740. The molecule has 0 aromatic carbocycles. The molecular weight excluding hydrogens is 1430 g/mol. The van der Waals surface area contributed by atoms with Gasteiger partial charge in [0.2, 0.25) is 0 Å². The Kier molecular flexibility index (Phi) is 52.1. The van der Waals surface area contributed by atoms with E-state index >= 15 is 0 Å². The van der Waals surface area contributed by atoms with E-state index in [1.807, 2.05) is 0 Å². The largest absolute Gasteiger partial charge is 0.481 e. The summed E-state index contributed by atoms with van der Waals surface area (Å²) in [6.45, 7) is 11.0. The average Bonchev–Trinajstić information content (AvgIpc) is 0.853. The summed E-state index contributed by atoms with van der Waals surface area (Å²) in [5.41, 5.74) is 0. The second kappa shape index (κ2) is 56.7. The number of carbonyl (C=O) groups is 15. The number of carboxylic acid groups (broad SMARTS) is 13. The Hall–Kier alpha value is -8.57. The Morgan fingerprint density at radius 1 is 0.236 bits per heavy atom. The molecule has 0 rings (SSSR count). The number of hydrogen-bond donors (Lipinski definition) is 13. The van der Waals surface area contributed by atoms with Gasteiger partial charge in [0.05, 0.1) is 202 Å². The van der Waals surface area contributed by atoms with Gasteiger partial charge < -0.3 is 118 Å². The maximum absolute atomic E-state index is 13.1. The fraction of sp³-hybridized carbons (Fsp3) is 0.746. The molecule has 0 spiro atoms. The summed E-state index contributed by atoms with van der Waals surface area (Å²) in [5.74, 6) is -49.8. The van der Waals surface area contributed by atoms with Crippen molar-refractivity contribution in [3.8, 4) is 0 Å². The summed E-state index contributed by atoms with van der Waals surface area (Å²) in [6.07, 6.45) is -10.9. The van der Waals surface area contributed by atoms with E-state index in [1.54, 1.807) is 0 Å². The summed E-state index contributed by atoms with van der Waals surface area (Å²) >= 11 is 0. The molecule has 0 aliphatic carbocycles. The van der Waals surface area contributed by atoms with E-state index in [1.165, 1.54) is 6.92 Å². The van der Waals surface area contributed by atoms with Crippen LogP contribution < -0.4 is 0 Å². The second-order valence-electron chi connectivity index (χ2n) is 24.9. The standard InChI is InChI=1S/C67H104O39/c1-4-40(67(95)106-25-23-104-21-19-102-17-15-100-13-11-98-9-7-96-6-8-97-10-12-99-14-16-101-18-20-103-22-24-105-53(68)5-2)27-42(56(73)74)29-44(58(77)78)31-46(60(81)82)33-48(62(85)86)35-50(64(89)90)37-52(66(93)94)38-51(65(91)92)36-49(63(87)88)34-47(61(83)84)32-45(59(79)80)30-43(57(75)76)28-41(55(71)72)26-39(3)54(69)70/h5,39-52H,2,4,6-38H2,1,3H3,(H,69,70)(H,71,72)(H,73,74)(H,75,76)(H,77,78)(H,79,80)(H,81,82)(H,83,84)(H,85,86)(H,87,88)(H,89,90)(H,91,92)(H,93,94). The third kappa shape index (κ3) is 45.1. The third-order valence-corrected chi connectivity index (χ3v) is 17.0. The predicted octanol–water partition coefficient (Wildman–Crippen LogP) is 2.64. The maximum atomic E-state index is 13.1. The predicted molar refractivity (Wildman–Crippen MR) is 354 cm³/mol. The van der Waals surface area contributed by atoms with Gasteiger partial charge in [-0.05, 0) is 89.9 Å². The Balaban J connectivity index is 5.41. The highest BCUT2D eigenvalue weighted by molar-refractivity contribution is 5.82. The Morgan fingerprint density at radius 3 is 0.538 bits per heavy atom. The minimum atomic E-state index is -2.07. The summed E-state index contributed by atoms with van der Waals surface area (Å²) in [7, 11) is 0. The molecule has 0 aliphatic heterocycles. The molecule has 39 heteroatoms. The minimum Gasteiger partial charge on any atom is -0.481 e. The summed E-state index contributed by atoms with van der Waals surface area (Å²) < 4.78 is 58.8. The molecule has 13 N–H and O–H groups in total. The van der Waals surface area contributed by atoms with Gasteiger partial charge in [-0.2, -0.15) is 0 Å². The normalized spacial score (nSPS) is 15.4. The lowest BCUT2D eigenvalue weighted by atomic mass is 9.76. The van der Waals surface area contributed by atoms with E-state index < -0.39 is 256 Å². The van der Waals surface area contributed by atoms with Crippen molar-refractivity contribution >= 4 is 89.5 Å². The number of hydrogen-bond acceptors (Lipinski definition) is 26. The summed E-state index contributed by atoms with van der Waals surface area (Å²) in [4.78, 5) is 186. The van der Waals surface area contributed by atoms with E-state index in [0.717, 1.165) is 13.0 Å². The fourth-order valence-corrected chi connectivity index (χ4v) is 11.1. The SMILES string of the molecule is C=CC(=O)OCCOCCOCCOCCOCCOCCOCCOCCOCCOCCOC(=O)C(CC)CC(CC(CC(CC(CC(CC(CC(CC(CC(CC(CC(CC(CC(C)C(=O)O)C(=O)O)C(=O)O)C(=O)O)C(=O)O)C(=O)O)C(=O)O)C(=O)O)C(=O)O)C(=O)O)C(=O)O)C(=O)O)C(=O)O. The minimum absolute atomic E-state index is 0.00349. The highest BCUT2D eigenvalue weighted by Gasteiger charge is 2.42. The van der Waals surface area contributed by atoms with E-state index in [-0.39, 0.29) is 59.3 Å². The molecule has 39 nitrogen and oxygen atoms in total. The molecule has 606 valence electrons. The number of esters is 2. The number of rotatable bonds is 72. The summed E-state index contributed by atoms with van der Waals surface area (Å²) in [6, 6.07) is 0. The van der Waals surface area contributed by atoms with Crippen LogP contribution in [0, 0.1) is 82.9 Å². The molecule has 0 radical (unpaired) electrons. The Labute approximate surface area is 609 Å². The average molecular weight is 1530 g/mol. The van der Waals surface area contributed by atoms with Gasteiger partial charge in [-0.15, -0.1) is 0 Å². The number of ether oxygens (including phenoxy) is 11. The zero-order valence-electron chi connectivity index (χ0n) is 59.3. The van der Waals surface area contributed by atoms with Gasteiger partial charge in [0.1, 0.15) is 13.2 Å². The molecule has 0 aliphatic rings. The zero-order chi connectivity index (χ0) is 80.3. The van der Waals surface area contributed by atoms with Crippen molar-refractivity contribution in [2.75, 3.05) is 132 Å². The smallest absolute Gasteiger partial charge is 0.330 e. The van der Waals surface area contributed by atoms with Crippen molar-refractivity contribution in [3.05, 3.63) is 12.7 Å². The maximum Gasteiger partial charge on any atom is 0.330 e. The molecule has 14 atom stereocenters. The van der Waals surface area contributed by atoms with Crippen LogP contribution in [0.25, 0.3) is 0 Å². The molecule has 0 aromatic heterocycles. The zero-order valence-corrected chi connectivity index (χ0v) is 59.3.